The number of rotatable bonds is 3. The van der Waals surface area contributed by atoms with Crippen LogP contribution in [0.2, 0.25) is 0 Å². The lowest BCUT2D eigenvalue weighted by Gasteiger charge is -2.37. The maximum atomic E-state index is 12.3. The van der Waals surface area contributed by atoms with Crippen molar-refractivity contribution >= 4 is 17.7 Å². The lowest BCUT2D eigenvalue weighted by atomic mass is 9.87. The van der Waals surface area contributed by atoms with Crippen LogP contribution in [0.3, 0.4) is 0 Å². The largest absolute Gasteiger partial charge is 0.378 e. The molecule has 0 bridgehead atoms. The van der Waals surface area contributed by atoms with Crippen LogP contribution in [0.15, 0.2) is 0 Å². The Kier molecular flexibility index (Phi) is 5.15. The number of amides is 1. The van der Waals surface area contributed by atoms with Crippen LogP contribution in [0.1, 0.15) is 27.2 Å². The summed E-state index contributed by atoms with van der Waals surface area (Å²) < 4.78 is 5.29. The van der Waals surface area contributed by atoms with E-state index in [-0.39, 0.29) is 11.9 Å². The van der Waals surface area contributed by atoms with E-state index in [0.717, 1.165) is 25.3 Å². The topological polar surface area (TPSA) is 41.6 Å². The summed E-state index contributed by atoms with van der Waals surface area (Å²) in [7, 11) is 0. The summed E-state index contributed by atoms with van der Waals surface area (Å²) in [5.41, 5.74) is 0.377. The molecule has 0 aromatic carbocycles. The molecular formula is C14H26N2O2S. The fourth-order valence-electron chi connectivity index (χ4n) is 2.85. The molecule has 110 valence electrons. The summed E-state index contributed by atoms with van der Waals surface area (Å²) in [6.45, 7) is 9.41. The molecule has 2 rings (SSSR count). The van der Waals surface area contributed by atoms with E-state index < -0.39 is 0 Å². The van der Waals surface area contributed by atoms with Gasteiger partial charge in [0.15, 0.2) is 0 Å². The minimum atomic E-state index is -0.0856. The van der Waals surface area contributed by atoms with Gasteiger partial charge in [0.1, 0.15) is 0 Å². The molecule has 2 fully saturated rings. The first-order valence-electron chi connectivity index (χ1n) is 7.18. The van der Waals surface area contributed by atoms with Gasteiger partial charge in [-0.1, -0.05) is 13.8 Å². The van der Waals surface area contributed by atoms with Crippen molar-refractivity contribution in [2.24, 2.45) is 5.41 Å². The van der Waals surface area contributed by atoms with Crippen molar-refractivity contribution < 1.29 is 9.53 Å². The number of thioether (sulfide) groups is 1. The Morgan fingerprint density at radius 3 is 2.74 bits per heavy atom. The van der Waals surface area contributed by atoms with Crippen molar-refractivity contribution in [1.29, 1.82) is 0 Å². The first-order chi connectivity index (χ1) is 8.98. The molecule has 2 heterocycles. The lowest BCUT2D eigenvalue weighted by Crippen LogP contribution is -2.53. The molecule has 1 N–H and O–H groups in total. The summed E-state index contributed by atoms with van der Waals surface area (Å²) in [4.78, 5) is 14.3. The first-order valence-corrected chi connectivity index (χ1v) is 8.34. The van der Waals surface area contributed by atoms with Crippen molar-refractivity contribution in [3.05, 3.63) is 0 Å². The van der Waals surface area contributed by atoms with E-state index in [4.69, 9.17) is 4.74 Å². The van der Waals surface area contributed by atoms with E-state index in [1.54, 1.807) is 0 Å². The Labute approximate surface area is 120 Å². The minimum absolute atomic E-state index is 0.0856. The third-order valence-electron chi connectivity index (χ3n) is 3.79. The number of ether oxygens (including phenoxy) is 1. The van der Waals surface area contributed by atoms with Gasteiger partial charge in [0.25, 0.3) is 0 Å². The second-order valence-corrected chi connectivity index (χ2v) is 7.44. The molecule has 1 amide bonds. The molecule has 4 nitrogen and oxygen atoms in total. The van der Waals surface area contributed by atoms with E-state index in [1.807, 2.05) is 23.6 Å². The maximum absolute atomic E-state index is 12.3. The molecule has 19 heavy (non-hydrogen) atoms. The number of carbonyl (C=O) groups is 1. The van der Waals surface area contributed by atoms with Crippen LogP contribution in [0.5, 0.6) is 0 Å². The molecular weight excluding hydrogens is 260 g/mol. The number of nitrogens with zero attached hydrogens (tertiary/aromatic N) is 1. The van der Waals surface area contributed by atoms with Crippen molar-refractivity contribution in [2.75, 3.05) is 37.8 Å². The highest BCUT2D eigenvalue weighted by atomic mass is 32.2. The fraction of sp³-hybridized carbons (Fsp3) is 0.929. The van der Waals surface area contributed by atoms with Crippen LogP contribution >= 0.6 is 11.8 Å². The van der Waals surface area contributed by atoms with Crippen LogP contribution in [0, 0.1) is 5.41 Å². The normalized spacial score (nSPS) is 29.0. The zero-order chi connectivity index (χ0) is 13.9. The fourth-order valence-corrected chi connectivity index (χ4v) is 4.14. The molecule has 5 heteroatoms. The van der Waals surface area contributed by atoms with E-state index in [1.165, 1.54) is 5.75 Å². The van der Waals surface area contributed by atoms with Gasteiger partial charge >= 0.3 is 0 Å². The number of hydrogen-bond donors (Lipinski definition) is 1. The molecule has 0 saturated carbocycles. The van der Waals surface area contributed by atoms with Gasteiger partial charge in [-0.25, -0.2) is 0 Å². The molecule has 2 unspecified atom stereocenters. The Morgan fingerprint density at radius 2 is 2.11 bits per heavy atom. The highest BCUT2D eigenvalue weighted by Crippen LogP contribution is 2.33. The second-order valence-electron chi connectivity index (χ2n) is 6.41. The molecule has 2 aliphatic heterocycles. The zero-order valence-electron chi connectivity index (χ0n) is 12.3. The number of carbonyl (C=O) groups excluding carboxylic acids is 1. The van der Waals surface area contributed by atoms with Gasteiger partial charge in [-0.2, -0.15) is 11.8 Å². The molecule has 2 atom stereocenters. The third-order valence-corrected chi connectivity index (χ3v) is 5.41. The van der Waals surface area contributed by atoms with Crippen LogP contribution in [0.25, 0.3) is 0 Å². The third kappa shape index (κ3) is 4.36. The lowest BCUT2D eigenvalue weighted by molar-refractivity contribution is -0.137. The minimum Gasteiger partial charge on any atom is -0.378 e. The van der Waals surface area contributed by atoms with Crippen LogP contribution in [-0.4, -0.2) is 60.7 Å². The Morgan fingerprint density at radius 1 is 1.42 bits per heavy atom. The van der Waals surface area contributed by atoms with Gasteiger partial charge in [-0.3, -0.25) is 4.79 Å². The summed E-state index contributed by atoms with van der Waals surface area (Å²) in [6, 6.07) is 0.367. The monoisotopic (exact) mass is 286 g/mol. The van der Waals surface area contributed by atoms with Crippen molar-refractivity contribution in [3.63, 3.8) is 0 Å². The van der Waals surface area contributed by atoms with E-state index >= 15 is 0 Å². The maximum Gasteiger partial charge on any atom is 0.239 e. The quantitative estimate of drug-likeness (QED) is 0.850. The molecule has 2 saturated heterocycles. The van der Waals surface area contributed by atoms with Gasteiger partial charge in [0.2, 0.25) is 5.91 Å². The van der Waals surface area contributed by atoms with Crippen molar-refractivity contribution in [2.45, 2.75) is 39.3 Å². The average molecular weight is 286 g/mol. The Balaban J connectivity index is 1.82. The highest BCUT2D eigenvalue weighted by Gasteiger charge is 2.31. The smallest absolute Gasteiger partial charge is 0.239 e. The molecule has 0 aromatic rings. The van der Waals surface area contributed by atoms with Gasteiger partial charge < -0.3 is 15.0 Å². The molecule has 2 aliphatic rings. The molecule has 0 aliphatic carbocycles. The first kappa shape index (κ1) is 15.1. The summed E-state index contributed by atoms with van der Waals surface area (Å²) >= 11 is 1.99. The number of morpholine rings is 1. The van der Waals surface area contributed by atoms with Crippen LogP contribution in [0.4, 0.5) is 0 Å². The Hall–Kier alpha value is -0.260. The number of nitrogens with one attached hydrogen (secondary N) is 1. The SMILES string of the molecule is CC(NC1CSCC(C)(C)C1)C(=O)N1CCOCC1. The van der Waals surface area contributed by atoms with Crippen molar-refractivity contribution in [1.82, 2.24) is 10.2 Å². The molecule has 0 spiro atoms. The predicted molar refractivity (Wildman–Crippen MR) is 79.5 cm³/mol. The summed E-state index contributed by atoms with van der Waals surface area (Å²) in [6.07, 6.45) is 1.15. The van der Waals surface area contributed by atoms with Gasteiger partial charge in [-0.15, -0.1) is 0 Å². The Bertz CT molecular complexity index is 317. The zero-order valence-corrected chi connectivity index (χ0v) is 13.1. The predicted octanol–water partition coefficient (Wildman–Crippen LogP) is 1.35. The van der Waals surface area contributed by atoms with Crippen molar-refractivity contribution in [3.8, 4) is 0 Å². The average Bonchev–Trinajstić information content (AvgIpc) is 2.37. The summed E-state index contributed by atoms with van der Waals surface area (Å²) in [5, 5.41) is 3.52. The molecule has 0 aromatic heterocycles. The van der Waals surface area contributed by atoms with Crippen LogP contribution < -0.4 is 5.32 Å². The van der Waals surface area contributed by atoms with Crippen LogP contribution in [-0.2, 0) is 9.53 Å². The van der Waals surface area contributed by atoms with Gasteiger partial charge in [0.05, 0.1) is 19.3 Å². The van der Waals surface area contributed by atoms with Gasteiger partial charge in [-0.05, 0) is 24.5 Å². The second kappa shape index (κ2) is 6.46. The summed E-state index contributed by atoms with van der Waals surface area (Å²) in [5.74, 6) is 2.55. The van der Waals surface area contributed by atoms with E-state index in [9.17, 15) is 4.79 Å². The highest BCUT2D eigenvalue weighted by molar-refractivity contribution is 7.99. The number of hydrogen-bond acceptors (Lipinski definition) is 4. The van der Waals surface area contributed by atoms with E-state index in [0.29, 0.717) is 24.7 Å². The van der Waals surface area contributed by atoms with E-state index in [2.05, 4.69) is 19.2 Å². The standard InChI is InChI=1S/C14H26N2O2S/c1-11(13(17)16-4-6-18-7-5-16)15-12-8-14(2,3)10-19-9-12/h11-12,15H,4-10H2,1-3H3. The molecule has 0 radical (unpaired) electrons. The van der Waals surface area contributed by atoms with Gasteiger partial charge in [0, 0.05) is 24.9 Å².